The number of allylic oxidation sites excluding steroid dienone is 6. The Balaban J connectivity index is 0.000000197. The number of aldehydes is 1. The van der Waals surface area contributed by atoms with Crippen LogP contribution in [-0.4, -0.2) is 23.1 Å². The van der Waals surface area contributed by atoms with E-state index < -0.39 is 0 Å². The Morgan fingerprint density at radius 3 is 2.85 bits per heavy atom. The van der Waals surface area contributed by atoms with Crippen molar-refractivity contribution in [1.82, 2.24) is 4.98 Å². The number of halogens is 2. The predicted molar refractivity (Wildman–Crippen MR) is 116 cm³/mol. The van der Waals surface area contributed by atoms with Gasteiger partial charge in [0.05, 0.1) is 4.83 Å². The van der Waals surface area contributed by atoms with Gasteiger partial charge >= 0.3 is 0 Å². The van der Waals surface area contributed by atoms with E-state index in [9.17, 15) is 4.79 Å². The van der Waals surface area contributed by atoms with Crippen LogP contribution >= 0.6 is 38.9 Å². The Labute approximate surface area is 171 Å². The topological polar surface area (TPSA) is 42.0 Å². The first kappa shape index (κ1) is 20.6. The summed E-state index contributed by atoms with van der Waals surface area (Å²) in [5.74, 6) is 0. The van der Waals surface area contributed by atoms with Crippen molar-refractivity contribution in [2.75, 3.05) is 12.4 Å². The summed E-state index contributed by atoms with van der Waals surface area (Å²) < 4.78 is 0. The summed E-state index contributed by atoms with van der Waals surface area (Å²) in [6.07, 6.45) is 14.4. The summed E-state index contributed by atoms with van der Waals surface area (Å²) >= 11 is 11.0. The molecule has 0 spiro atoms. The van der Waals surface area contributed by atoms with Gasteiger partial charge in [-0.3, -0.25) is 0 Å². The Morgan fingerprint density at radius 1 is 1.35 bits per heavy atom. The highest BCUT2D eigenvalue weighted by molar-refractivity contribution is 9.10. The van der Waals surface area contributed by atoms with Crippen molar-refractivity contribution in [3.05, 3.63) is 81.9 Å². The van der Waals surface area contributed by atoms with Crippen LogP contribution in [-0.2, 0) is 11.2 Å². The number of carbonyl (C=O) groups excluding carboxylic acids is 1. The molecule has 0 fully saturated rings. The molecule has 1 N–H and O–H groups in total. The minimum Gasteiger partial charge on any atom is -0.365 e. The van der Waals surface area contributed by atoms with Crippen LogP contribution < -0.4 is 5.32 Å². The third-order valence-corrected chi connectivity index (χ3v) is 5.77. The molecule has 0 amide bonds. The molecule has 1 aliphatic rings. The number of alkyl halides is 1. The lowest BCUT2D eigenvalue weighted by Gasteiger charge is -2.03. The Hall–Kier alpha value is -1.69. The highest BCUT2D eigenvalue weighted by atomic mass is 79.9. The van der Waals surface area contributed by atoms with Crippen molar-refractivity contribution in [3.63, 3.8) is 0 Å². The number of rotatable bonds is 5. The fourth-order valence-electron chi connectivity index (χ4n) is 2.22. The second-order valence-corrected chi connectivity index (χ2v) is 7.96. The van der Waals surface area contributed by atoms with Gasteiger partial charge in [-0.25, -0.2) is 4.98 Å². The SMILES string of the molecule is CNc1ncc(Cc2ccccc2Cl)s1.O=CC(Br)C1=CC=CC=CC1. The number of benzene rings is 1. The number of aromatic nitrogens is 1. The fraction of sp³-hybridized carbons (Fsp3) is 0.200. The van der Waals surface area contributed by atoms with Crippen molar-refractivity contribution in [3.8, 4) is 0 Å². The number of nitrogens with zero attached hydrogens (tertiary/aromatic N) is 1. The van der Waals surface area contributed by atoms with Crippen molar-refractivity contribution in [2.24, 2.45) is 0 Å². The lowest BCUT2D eigenvalue weighted by Crippen LogP contribution is -2.02. The van der Waals surface area contributed by atoms with Gasteiger partial charge in [-0.05, 0) is 23.6 Å². The average Bonchev–Trinajstić information content (AvgIpc) is 2.94. The first-order chi connectivity index (χ1) is 12.6. The van der Waals surface area contributed by atoms with Crippen LogP contribution in [0.25, 0.3) is 0 Å². The van der Waals surface area contributed by atoms with Crippen molar-refractivity contribution in [2.45, 2.75) is 17.7 Å². The Bertz CT molecular complexity index is 814. The lowest BCUT2D eigenvalue weighted by molar-refractivity contribution is -0.106. The highest BCUT2D eigenvalue weighted by Crippen LogP contribution is 2.24. The maximum absolute atomic E-state index is 10.4. The molecular formula is C20H20BrClN2OS. The quantitative estimate of drug-likeness (QED) is 0.460. The lowest BCUT2D eigenvalue weighted by atomic mass is 10.1. The van der Waals surface area contributed by atoms with Crippen molar-refractivity contribution >= 4 is 50.3 Å². The summed E-state index contributed by atoms with van der Waals surface area (Å²) in [6, 6.07) is 7.90. The fourth-order valence-corrected chi connectivity index (χ4v) is 3.55. The van der Waals surface area contributed by atoms with Crippen LogP contribution in [0, 0.1) is 0 Å². The molecule has 0 bridgehead atoms. The molecule has 6 heteroatoms. The van der Waals surface area contributed by atoms with E-state index in [1.54, 1.807) is 11.3 Å². The summed E-state index contributed by atoms with van der Waals surface area (Å²) in [4.78, 5) is 15.7. The van der Waals surface area contributed by atoms with E-state index in [0.29, 0.717) is 0 Å². The molecule has 3 rings (SSSR count). The maximum Gasteiger partial charge on any atom is 0.182 e. The molecule has 0 radical (unpaired) electrons. The van der Waals surface area contributed by atoms with Crippen LogP contribution in [0.3, 0.4) is 0 Å². The smallest absolute Gasteiger partial charge is 0.182 e. The number of anilines is 1. The molecule has 1 aromatic heterocycles. The summed E-state index contributed by atoms with van der Waals surface area (Å²) in [5, 5.41) is 4.78. The molecule has 2 aromatic rings. The molecule has 26 heavy (non-hydrogen) atoms. The first-order valence-electron chi connectivity index (χ1n) is 8.11. The number of carbonyl (C=O) groups is 1. The Morgan fingerprint density at radius 2 is 2.15 bits per heavy atom. The molecule has 0 saturated heterocycles. The largest absolute Gasteiger partial charge is 0.365 e. The number of thiazole rings is 1. The summed E-state index contributed by atoms with van der Waals surface area (Å²) in [7, 11) is 1.87. The standard InChI is InChI=1S/C11H11ClN2S.C9H9BrO/c1-13-11-14-7-9(15-11)6-8-4-2-3-5-10(8)12;10-9(7-11)8-5-3-1-2-4-6-8/h2-5,7H,6H2,1H3,(H,13,14);1-5,7,9H,6H2. The third kappa shape index (κ3) is 6.56. The van der Waals surface area contributed by atoms with Crippen molar-refractivity contribution < 1.29 is 4.79 Å². The van der Waals surface area contributed by atoms with Gasteiger partial charge in [0.2, 0.25) is 0 Å². The van der Waals surface area contributed by atoms with E-state index in [-0.39, 0.29) is 4.83 Å². The van der Waals surface area contributed by atoms with Crippen LogP contribution in [0.5, 0.6) is 0 Å². The van der Waals surface area contributed by atoms with E-state index in [1.165, 1.54) is 4.88 Å². The zero-order chi connectivity index (χ0) is 18.8. The first-order valence-corrected chi connectivity index (χ1v) is 10.2. The average molecular weight is 452 g/mol. The van der Waals surface area contributed by atoms with Gasteiger partial charge in [-0.2, -0.15) is 0 Å². The van der Waals surface area contributed by atoms with Crippen LogP contribution in [0.4, 0.5) is 5.13 Å². The van der Waals surface area contributed by atoms with E-state index in [4.69, 9.17) is 11.6 Å². The zero-order valence-corrected chi connectivity index (χ0v) is 17.5. The molecule has 1 heterocycles. The minimum atomic E-state index is -0.130. The van der Waals surface area contributed by atoms with Gasteiger partial charge in [0.15, 0.2) is 5.13 Å². The Kier molecular flexibility index (Phi) is 8.81. The molecule has 1 atom stereocenters. The molecule has 1 unspecified atom stereocenters. The van der Waals surface area contributed by atoms with Crippen LogP contribution in [0.1, 0.15) is 16.9 Å². The van der Waals surface area contributed by atoms with Gasteiger partial charge in [0, 0.05) is 29.6 Å². The predicted octanol–water partition coefficient (Wildman–Crippen LogP) is 5.82. The minimum absolute atomic E-state index is 0.130. The normalized spacial score (nSPS) is 13.9. The summed E-state index contributed by atoms with van der Waals surface area (Å²) in [5.41, 5.74) is 2.25. The van der Waals surface area contributed by atoms with Gasteiger partial charge in [0.1, 0.15) is 6.29 Å². The van der Waals surface area contributed by atoms with Gasteiger partial charge < -0.3 is 10.1 Å². The van der Waals surface area contributed by atoms with Gasteiger partial charge in [-0.1, -0.05) is 76.1 Å². The van der Waals surface area contributed by atoms with E-state index in [1.807, 2.05) is 67.9 Å². The van der Waals surface area contributed by atoms with Gasteiger partial charge in [0.25, 0.3) is 0 Å². The second kappa shape index (κ2) is 11.1. The molecule has 136 valence electrons. The molecule has 1 aromatic carbocycles. The van der Waals surface area contributed by atoms with Gasteiger partial charge in [-0.15, -0.1) is 11.3 Å². The molecule has 0 aliphatic heterocycles. The van der Waals surface area contributed by atoms with Crippen LogP contribution in [0.15, 0.2) is 66.4 Å². The number of hydrogen-bond donors (Lipinski definition) is 1. The molecule has 1 aliphatic carbocycles. The maximum atomic E-state index is 10.4. The second-order valence-electron chi connectivity index (χ2n) is 5.45. The summed E-state index contributed by atoms with van der Waals surface area (Å²) in [6.45, 7) is 0. The van der Waals surface area contributed by atoms with Crippen molar-refractivity contribution in [1.29, 1.82) is 0 Å². The third-order valence-electron chi connectivity index (χ3n) is 3.59. The van der Waals surface area contributed by atoms with E-state index in [0.717, 1.165) is 40.4 Å². The monoisotopic (exact) mass is 450 g/mol. The molecular weight excluding hydrogens is 432 g/mol. The number of nitrogens with one attached hydrogen (secondary N) is 1. The zero-order valence-electron chi connectivity index (χ0n) is 14.4. The van der Waals surface area contributed by atoms with Crippen LogP contribution in [0.2, 0.25) is 5.02 Å². The highest BCUT2D eigenvalue weighted by Gasteiger charge is 2.07. The number of hydrogen-bond acceptors (Lipinski definition) is 4. The molecule has 3 nitrogen and oxygen atoms in total. The molecule has 0 saturated carbocycles. The van der Waals surface area contributed by atoms with E-state index >= 15 is 0 Å². The van der Waals surface area contributed by atoms with E-state index in [2.05, 4.69) is 26.2 Å².